The summed E-state index contributed by atoms with van der Waals surface area (Å²) in [6.45, 7) is 6.37. The molecule has 14 nitrogen and oxygen atoms in total. The second kappa shape index (κ2) is 15.5. The minimum atomic E-state index is -1.31. The molecule has 0 aromatic heterocycles. The van der Waals surface area contributed by atoms with Gasteiger partial charge in [-0.3, -0.25) is 19.3 Å². The maximum Gasteiger partial charge on any atom is 0.416 e. The van der Waals surface area contributed by atoms with Gasteiger partial charge in [0.05, 0.1) is 56.0 Å². The predicted octanol–water partition coefficient (Wildman–Crippen LogP) is 5.78. The molecule has 2 N–H and O–H groups in total. The highest BCUT2D eigenvalue weighted by molar-refractivity contribution is 6.18. The zero-order valence-electron chi connectivity index (χ0n) is 31.2. The van der Waals surface area contributed by atoms with Crippen LogP contribution < -0.4 is 34.1 Å². The lowest BCUT2D eigenvalue weighted by Gasteiger charge is -2.31. The Kier molecular flexibility index (Phi) is 10.6. The molecule has 1 spiro atoms. The van der Waals surface area contributed by atoms with E-state index in [2.05, 4.69) is 11.9 Å². The molecule has 3 heterocycles. The molecule has 3 aromatic carbocycles. The van der Waals surface area contributed by atoms with Gasteiger partial charge < -0.3 is 39.0 Å². The molecule has 1 saturated carbocycles. The van der Waals surface area contributed by atoms with Crippen molar-refractivity contribution in [1.82, 2.24) is 4.90 Å². The number of hydrogen-bond acceptors (Lipinski definition) is 10. The molecule has 1 unspecified atom stereocenters. The Balaban J connectivity index is 0.995. The summed E-state index contributed by atoms with van der Waals surface area (Å²) in [6.07, 6.45) is 3.90. The molecule has 4 aliphatic rings. The first kappa shape index (κ1) is 37.6. The third-order valence-electron chi connectivity index (χ3n) is 10.8. The van der Waals surface area contributed by atoms with Gasteiger partial charge in [0.25, 0.3) is 11.8 Å². The smallest absolute Gasteiger partial charge is 0.416 e. The Morgan fingerprint density at radius 2 is 1.56 bits per heavy atom. The van der Waals surface area contributed by atoms with Crippen LogP contribution in [0, 0.1) is 5.41 Å². The van der Waals surface area contributed by atoms with Crippen LogP contribution in [0.3, 0.4) is 0 Å². The van der Waals surface area contributed by atoms with Gasteiger partial charge >= 0.3 is 6.09 Å². The number of carbonyl (C=O) groups excluding carboxylic acids is 4. The van der Waals surface area contributed by atoms with Gasteiger partial charge in [0, 0.05) is 24.4 Å². The van der Waals surface area contributed by atoms with E-state index in [1.165, 1.54) is 25.2 Å². The number of aliphatic hydroxyl groups excluding tert-OH is 1. The fourth-order valence-corrected chi connectivity index (χ4v) is 7.64. The van der Waals surface area contributed by atoms with Crippen LogP contribution in [0.4, 0.5) is 21.9 Å². The summed E-state index contributed by atoms with van der Waals surface area (Å²) >= 11 is 0. The number of unbranched alkanes of at least 4 members (excludes halogenated alkanes) is 2. The van der Waals surface area contributed by atoms with Crippen molar-refractivity contribution in [3.8, 4) is 23.0 Å². The highest BCUT2D eigenvalue weighted by Crippen LogP contribution is 2.57. The summed E-state index contributed by atoms with van der Waals surface area (Å²) in [4.78, 5) is 58.3. The molecule has 4 amide bonds. The normalized spacial score (nSPS) is 20.8. The highest BCUT2D eigenvalue weighted by atomic mass is 16.6. The highest BCUT2D eigenvalue weighted by Gasteiger charge is 2.58. The Bertz CT molecular complexity index is 1980. The van der Waals surface area contributed by atoms with Crippen LogP contribution in [0.1, 0.15) is 66.2 Å². The number of anilines is 3. The number of ether oxygens (including phenoxy) is 5. The number of aliphatic hydroxyl groups is 1. The topological polar surface area (TPSA) is 156 Å². The fraction of sp³-hybridized carbons (Fsp3) is 0.415. The Morgan fingerprint density at radius 1 is 0.909 bits per heavy atom. The lowest BCUT2D eigenvalue weighted by atomic mass is 10.0. The quantitative estimate of drug-likeness (QED) is 0.162. The van der Waals surface area contributed by atoms with Gasteiger partial charge in [-0.2, -0.15) is 0 Å². The van der Waals surface area contributed by atoms with Crippen molar-refractivity contribution in [2.75, 3.05) is 55.7 Å². The van der Waals surface area contributed by atoms with Crippen molar-refractivity contribution in [3.05, 3.63) is 78.4 Å². The SMILES string of the molecule is C=CCOC(=O)N1c2cc(OCCCCCOc3cc4c(cc3OC)C(=O)N(c3ccccc3)[C@@H](C)C(=O)N4)c(OC)cc2C(=O)N2CC3(CC3)C[C@H]2C1O. The summed E-state index contributed by atoms with van der Waals surface area (Å²) in [5.74, 6) is 0.445. The summed E-state index contributed by atoms with van der Waals surface area (Å²) in [6, 6.07) is 14.0. The van der Waals surface area contributed by atoms with Crippen LogP contribution in [0.2, 0.25) is 0 Å². The van der Waals surface area contributed by atoms with Gasteiger partial charge in [0.15, 0.2) is 29.2 Å². The number of methoxy groups -OCH3 is 2. The number of amides is 4. The van der Waals surface area contributed by atoms with Crippen molar-refractivity contribution in [3.63, 3.8) is 0 Å². The van der Waals surface area contributed by atoms with E-state index in [1.54, 1.807) is 48.2 Å². The molecular formula is C41H46N4O10. The first-order valence-corrected chi connectivity index (χ1v) is 18.5. The molecule has 0 bridgehead atoms. The summed E-state index contributed by atoms with van der Waals surface area (Å²) in [5.41, 5.74) is 1.63. The first-order valence-electron chi connectivity index (χ1n) is 18.5. The van der Waals surface area contributed by atoms with E-state index < -0.39 is 24.4 Å². The number of nitrogens with one attached hydrogen (secondary N) is 1. The van der Waals surface area contributed by atoms with Gasteiger partial charge in [-0.25, -0.2) is 9.69 Å². The van der Waals surface area contributed by atoms with Crippen LogP contribution in [0.25, 0.3) is 0 Å². The van der Waals surface area contributed by atoms with Crippen molar-refractivity contribution in [1.29, 1.82) is 0 Å². The molecule has 3 aliphatic heterocycles. The molecule has 1 saturated heterocycles. The molecule has 2 fully saturated rings. The zero-order chi connectivity index (χ0) is 38.9. The van der Waals surface area contributed by atoms with Gasteiger partial charge in [-0.1, -0.05) is 30.9 Å². The molecular weight excluding hydrogens is 708 g/mol. The Morgan fingerprint density at radius 3 is 2.20 bits per heavy atom. The maximum absolute atomic E-state index is 13.9. The largest absolute Gasteiger partial charge is 0.493 e. The Hall–Kier alpha value is -5.76. The first-order chi connectivity index (χ1) is 26.6. The molecule has 55 heavy (non-hydrogen) atoms. The number of rotatable bonds is 13. The summed E-state index contributed by atoms with van der Waals surface area (Å²) in [5, 5.41) is 14.4. The van der Waals surface area contributed by atoms with E-state index in [4.69, 9.17) is 23.7 Å². The lowest BCUT2D eigenvalue weighted by molar-refractivity contribution is -0.117. The minimum absolute atomic E-state index is 0.0120. The van der Waals surface area contributed by atoms with Gasteiger partial charge in [-0.15, -0.1) is 0 Å². The molecule has 3 aromatic rings. The van der Waals surface area contributed by atoms with Crippen LogP contribution in [-0.2, 0) is 9.53 Å². The number of nitrogens with zero attached hydrogens (tertiary/aromatic N) is 3. The van der Waals surface area contributed by atoms with Crippen molar-refractivity contribution in [2.24, 2.45) is 5.41 Å². The van der Waals surface area contributed by atoms with E-state index in [0.29, 0.717) is 72.4 Å². The van der Waals surface area contributed by atoms with E-state index in [1.807, 2.05) is 18.2 Å². The molecule has 1 aliphatic carbocycles. The third-order valence-corrected chi connectivity index (χ3v) is 10.8. The monoisotopic (exact) mass is 754 g/mol. The zero-order valence-corrected chi connectivity index (χ0v) is 31.2. The van der Waals surface area contributed by atoms with Crippen molar-refractivity contribution in [2.45, 2.75) is 63.8 Å². The summed E-state index contributed by atoms with van der Waals surface area (Å²) in [7, 11) is 2.97. The predicted molar refractivity (Wildman–Crippen MR) is 203 cm³/mol. The van der Waals surface area contributed by atoms with E-state index >= 15 is 0 Å². The van der Waals surface area contributed by atoms with Crippen LogP contribution in [0.5, 0.6) is 23.0 Å². The standard InChI is InChI=1S/C41H46N4O10/c1-5-16-55-40(50)45-30-22-35(33(52-4)20-28(30)37(47)43-24-41(14-15-41)23-31(43)39(45)49)54-18-11-7-10-17-53-34-21-29-27(19-32(34)51-3)38(48)44(25(2)36(46)42-29)26-12-8-6-9-13-26/h5-6,8-9,12-13,19-22,25,31,39,49H,1,7,10-11,14-18,23-24H2,2-4H3,(H,42,46)/t25-,31-,39?/m0/s1. The lowest BCUT2D eigenvalue weighted by Crippen LogP contribution is -2.50. The Labute approximate surface area is 319 Å². The second-order valence-electron chi connectivity index (χ2n) is 14.4. The van der Waals surface area contributed by atoms with Gasteiger partial charge in [0.1, 0.15) is 12.6 Å². The number of para-hydroxylation sites is 1. The second-order valence-corrected chi connectivity index (χ2v) is 14.4. The molecule has 0 radical (unpaired) electrons. The number of fused-ring (bicyclic) bond motifs is 3. The number of carbonyl (C=O) groups is 4. The maximum atomic E-state index is 13.9. The van der Waals surface area contributed by atoms with Gasteiger partial charge in [-0.05, 0) is 75.1 Å². The fourth-order valence-electron chi connectivity index (χ4n) is 7.64. The van der Waals surface area contributed by atoms with E-state index in [9.17, 15) is 24.3 Å². The van der Waals surface area contributed by atoms with Crippen LogP contribution in [-0.4, -0.2) is 92.7 Å². The number of hydrogen-bond donors (Lipinski definition) is 2. The molecule has 14 heteroatoms. The average molecular weight is 755 g/mol. The number of benzene rings is 3. The molecule has 290 valence electrons. The average Bonchev–Trinajstić information content (AvgIpc) is 3.87. The minimum Gasteiger partial charge on any atom is -0.493 e. The molecule has 3 atom stereocenters. The summed E-state index contributed by atoms with van der Waals surface area (Å²) < 4.78 is 28.8. The van der Waals surface area contributed by atoms with Crippen LogP contribution in [0.15, 0.2) is 67.3 Å². The van der Waals surface area contributed by atoms with E-state index in [-0.39, 0.29) is 47.6 Å². The van der Waals surface area contributed by atoms with E-state index in [0.717, 1.165) is 24.2 Å². The third kappa shape index (κ3) is 7.25. The van der Waals surface area contributed by atoms with Crippen molar-refractivity contribution >= 4 is 40.9 Å². The molecule has 7 rings (SSSR count). The van der Waals surface area contributed by atoms with Gasteiger partial charge in [0.2, 0.25) is 5.91 Å². The van der Waals surface area contributed by atoms with Crippen molar-refractivity contribution < 1.29 is 48.0 Å². The van der Waals surface area contributed by atoms with Crippen LogP contribution >= 0.6 is 0 Å².